The number of piperidine rings is 1. The highest BCUT2D eigenvalue weighted by Crippen LogP contribution is 2.39. The van der Waals surface area contributed by atoms with Crippen molar-refractivity contribution in [3.05, 3.63) is 59.7 Å². The Labute approximate surface area is 179 Å². The van der Waals surface area contributed by atoms with Gasteiger partial charge in [-0.25, -0.2) is 0 Å². The Morgan fingerprint density at radius 2 is 1.26 bits per heavy atom. The van der Waals surface area contributed by atoms with Crippen LogP contribution in [0.25, 0.3) is 11.1 Å². The van der Waals surface area contributed by atoms with Crippen molar-refractivity contribution in [2.24, 2.45) is 11.1 Å². The topological polar surface area (TPSA) is 145 Å². The van der Waals surface area contributed by atoms with E-state index in [-0.39, 0.29) is 24.6 Å². The summed E-state index contributed by atoms with van der Waals surface area (Å²) in [4.78, 5) is 36.9. The molecule has 2 aromatic carbocycles. The molecule has 8 heteroatoms. The van der Waals surface area contributed by atoms with Crippen LogP contribution in [-0.2, 0) is 9.59 Å². The molecule has 0 aliphatic carbocycles. The van der Waals surface area contributed by atoms with E-state index in [1.807, 2.05) is 24.3 Å². The summed E-state index contributed by atoms with van der Waals surface area (Å²) in [5.41, 5.74) is 7.68. The Morgan fingerprint density at radius 1 is 0.839 bits per heavy atom. The van der Waals surface area contributed by atoms with Gasteiger partial charge in [-0.1, -0.05) is 36.4 Å². The monoisotopic (exact) mass is 423 g/mol. The number of hydrogen-bond donors (Lipinski definition) is 4. The molecular weight excluding hydrogens is 398 g/mol. The van der Waals surface area contributed by atoms with Gasteiger partial charge < -0.3 is 20.8 Å². The summed E-state index contributed by atoms with van der Waals surface area (Å²) in [5, 5.41) is 25.8. The summed E-state index contributed by atoms with van der Waals surface area (Å²) in [6.07, 6.45) is 0.271. The number of nitrogens with zero attached hydrogens (tertiary/aromatic N) is 1. The molecule has 0 bridgehead atoms. The summed E-state index contributed by atoms with van der Waals surface area (Å²) in [5.74, 6) is -2.19. The third kappa shape index (κ3) is 5.28. The molecule has 1 saturated heterocycles. The fourth-order valence-corrected chi connectivity index (χ4v) is 4.07. The number of amides is 1. The van der Waals surface area contributed by atoms with Gasteiger partial charge in [0.15, 0.2) is 0 Å². The van der Waals surface area contributed by atoms with Gasteiger partial charge in [0, 0.05) is 24.2 Å². The van der Waals surface area contributed by atoms with Crippen LogP contribution in [0.1, 0.15) is 41.6 Å². The van der Waals surface area contributed by atoms with Crippen molar-refractivity contribution in [1.29, 1.82) is 5.41 Å². The first-order valence-electron chi connectivity index (χ1n) is 9.97. The van der Waals surface area contributed by atoms with Crippen molar-refractivity contribution in [3.63, 3.8) is 0 Å². The molecule has 1 heterocycles. The molecule has 1 fully saturated rings. The summed E-state index contributed by atoms with van der Waals surface area (Å²) in [6.45, 7) is 0.654. The minimum Gasteiger partial charge on any atom is -0.481 e. The van der Waals surface area contributed by atoms with Gasteiger partial charge >= 0.3 is 11.9 Å². The van der Waals surface area contributed by atoms with Gasteiger partial charge in [0.1, 0.15) is 5.84 Å². The Morgan fingerprint density at radius 3 is 1.65 bits per heavy atom. The minimum atomic E-state index is -1.02. The number of rotatable bonds is 7. The molecule has 0 spiro atoms. The van der Waals surface area contributed by atoms with Crippen LogP contribution in [0.5, 0.6) is 0 Å². The number of nitrogens with one attached hydrogen (secondary N) is 1. The average molecular weight is 423 g/mol. The molecule has 162 valence electrons. The first-order chi connectivity index (χ1) is 14.7. The molecule has 5 N–H and O–H groups in total. The standard InChI is InChI=1S/C23H25N3O5/c24-21(25)17-5-1-15(2-6-17)16-3-7-18(8-4-16)22(31)26-11-9-23(10-12-26,13-19(27)28)14-20(29)30/h1-8H,9-14H2,(H3,24,25)(H,27,28)(H,29,30). The van der Waals surface area contributed by atoms with E-state index in [1.165, 1.54) is 0 Å². The van der Waals surface area contributed by atoms with Crippen molar-refractivity contribution in [2.75, 3.05) is 13.1 Å². The van der Waals surface area contributed by atoms with E-state index in [9.17, 15) is 14.4 Å². The molecule has 8 nitrogen and oxygen atoms in total. The second-order valence-corrected chi connectivity index (χ2v) is 8.00. The number of carbonyl (C=O) groups excluding carboxylic acids is 1. The molecule has 0 saturated carbocycles. The largest absolute Gasteiger partial charge is 0.481 e. The molecule has 0 aromatic heterocycles. The smallest absolute Gasteiger partial charge is 0.303 e. The van der Waals surface area contributed by atoms with Crippen LogP contribution in [0.2, 0.25) is 0 Å². The van der Waals surface area contributed by atoms with E-state index in [4.69, 9.17) is 21.4 Å². The molecule has 0 unspecified atom stereocenters. The zero-order valence-corrected chi connectivity index (χ0v) is 17.0. The molecule has 31 heavy (non-hydrogen) atoms. The summed E-state index contributed by atoms with van der Waals surface area (Å²) >= 11 is 0. The fraction of sp³-hybridized carbons (Fsp3) is 0.304. The van der Waals surface area contributed by atoms with Gasteiger partial charge in [0.05, 0.1) is 12.8 Å². The molecular formula is C23H25N3O5. The number of carbonyl (C=O) groups is 3. The molecule has 1 amide bonds. The van der Waals surface area contributed by atoms with Crippen LogP contribution < -0.4 is 5.73 Å². The number of carboxylic acid groups (broad SMARTS) is 2. The van der Waals surface area contributed by atoms with Gasteiger partial charge in [-0.15, -0.1) is 0 Å². The number of nitrogen functional groups attached to an aromatic ring is 1. The van der Waals surface area contributed by atoms with Crippen LogP contribution >= 0.6 is 0 Å². The van der Waals surface area contributed by atoms with E-state index in [0.29, 0.717) is 37.1 Å². The number of amidine groups is 1. The zero-order valence-electron chi connectivity index (χ0n) is 17.0. The second-order valence-electron chi connectivity index (χ2n) is 8.00. The van der Waals surface area contributed by atoms with Gasteiger partial charge in [0.25, 0.3) is 5.91 Å². The van der Waals surface area contributed by atoms with Crippen molar-refractivity contribution in [1.82, 2.24) is 4.90 Å². The predicted molar refractivity (Wildman–Crippen MR) is 115 cm³/mol. The average Bonchev–Trinajstić information content (AvgIpc) is 2.73. The van der Waals surface area contributed by atoms with Gasteiger partial charge in [0.2, 0.25) is 0 Å². The zero-order chi connectivity index (χ0) is 22.6. The lowest BCUT2D eigenvalue weighted by molar-refractivity contribution is -0.145. The highest BCUT2D eigenvalue weighted by molar-refractivity contribution is 5.96. The summed E-state index contributed by atoms with van der Waals surface area (Å²) in [6, 6.07) is 14.4. The number of carboxylic acids is 2. The van der Waals surface area contributed by atoms with E-state index < -0.39 is 17.4 Å². The van der Waals surface area contributed by atoms with Crippen LogP contribution in [0.4, 0.5) is 0 Å². The van der Waals surface area contributed by atoms with E-state index >= 15 is 0 Å². The Hall–Kier alpha value is -3.68. The van der Waals surface area contributed by atoms with Crippen molar-refractivity contribution in [3.8, 4) is 11.1 Å². The van der Waals surface area contributed by atoms with Gasteiger partial charge in [-0.05, 0) is 41.5 Å². The maximum atomic E-state index is 12.9. The first-order valence-corrected chi connectivity index (χ1v) is 9.97. The third-order valence-corrected chi connectivity index (χ3v) is 5.82. The van der Waals surface area contributed by atoms with E-state index in [0.717, 1.165) is 11.1 Å². The number of nitrogens with two attached hydrogens (primary N) is 1. The van der Waals surface area contributed by atoms with Crippen molar-refractivity contribution < 1.29 is 24.6 Å². The summed E-state index contributed by atoms with van der Waals surface area (Å²) in [7, 11) is 0. The first kappa shape index (κ1) is 22.0. The van der Waals surface area contributed by atoms with Gasteiger partial charge in [-0.3, -0.25) is 19.8 Å². The molecule has 3 rings (SSSR count). The fourth-order valence-electron chi connectivity index (χ4n) is 4.07. The molecule has 0 atom stereocenters. The van der Waals surface area contributed by atoms with E-state index in [1.54, 1.807) is 29.2 Å². The van der Waals surface area contributed by atoms with E-state index in [2.05, 4.69) is 0 Å². The lowest BCUT2D eigenvalue weighted by atomic mass is 9.73. The Balaban J connectivity index is 1.67. The number of likely N-dealkylation sites (tertiary alicyclic amines) is 1. The maximum absolute atomic E-state index is 12.9. The number of aliphatic carboxylic acids is 2. The van der Waals surface area contributed by atoms with Crippen molar-refractivity contribution in [2.45, 2.75) is 25.7 Å². The molecule has 2 aromatic rings. The van der Waals surface area contributed by atoms with Crippen LogP contribution in [0.3, 0.4) is 0 Å². The minimum absolute atomic E-state index is 0.00440. The molecule has 1 aliphatic rings. The van der Waals surface area contributed by atoms with Crippen LogP contribution in [0, 0.1) is 10.8 Å². The molecule has 0 radical (unpaired) electrons. The molecule has 1 aliphatic heterocycles. The van der Waals surface area contributed by atoms with Crippen LogP contribution in [0.15, 0.2) is 48.5 Å². The SMILES string of the molecule is N=C(N)c1ccc(-c2ccc(C(=O)N3CCC(CC(=O)O)(CC(=O)O)CC3)cc2)cc1. The quantitative estimate of drug-likeness (QED) is 0.398. The Kier molecular flexibility index (Phi) is 6.39. The second kappa shape index (κ2) is 8.99. The number of hydrogen-bond acceptors (Lipinski definition) is 4. The lowest BCUT2D eigenvalue weighted by Gasteiger charge is -2.40. The van der Waals surface area contributed by atoms with Crippen LogP contribution in [-0.4, -0.2) is 51.9 Å². The summed E-state index contributed by atoms with van der Waals surface area (Å²) < 4.78 is 0. The normalized spacial score (nSPS) is 15.3. The van der Waals surface area contributed by atoms with Gasteiger partial charge in [-0.2, -0.15) is 0 Å². The number of benzene rings is 2. The highest BCUT2D eigenvalue weighted by atomic mass is 16.4. The lowest BCUT2D eigenvalue weighted by Crippen LogP contribution is -2.44. The Bertz CT molecular complexity index is 973. The third-order valence-electron chi connectivity index (χ3n) is 5.82. The predicted octanol–water partition coefficient (Wildman–Crippen LogP) is 2.81. The highest BCUT2D eigenvalue weighted by Gasteiger charge is 2.39. The maximum Gasteiger partial charge on any atom is 0.303 e. The van der Waals surface area contributed by atoms with Crippen molar-refractivity contribution >= 4 is 23.7 Å².